The summed E-state index contributed by atoms with van der Waals surface area (Å²) in [6.45, 7) is 0.522. The average Bonchev–Trinajstić information content (AvgIpc) is 2.43. The first-order chi connectivity index (χ1) is 7.27. The summed E-state index contributed by atoms with van der Waals surface area (Å²) in [4.78, 5) is 16.1. The Labute approximate surface area is 88.1 Å². The maximum Gasteiger partial charge on any atom is 0.268 e. The summed E-state index contributed by atoms with van der Waals surface area (Å²) >= 11 is 0. The summed E-state index contributed by atoms with van der Waals surface area (Å²) in [5.41, 5.74) is 2.89. The van der Waals surface area contributed by atoms with E-state index in [2.05, 4.69) is 4.98 Å². The van der Waals surface area contributed by atoms with Crippen molar-refractivity contribution in [2.45, 2.75) is 31.7 Å². The third-order valence-corrected chi connectivity index (χ3v) is 3.40. The van der Waals surface area contributed by atoms with Gasteiger partial charge in [0.2, 0.25) is 0 Å². The zero-order valence-electron chi connectivity index (χ0n) is 8.44. The zero-order chi connectivity index (χ0) is 10.4. The number of fused-ring (bicyclic) bond motifs is 1. The van der Waals surface area contributed by atoms with Crippen molar-refractivity contribution in [2.75, 3.05) is 0 Å². The fourth-order valence-electron chi connectivity index (χ4n) is 2.31. The number of carbonyl (C=O) groups excluding carboxylic acids is 1. The first kappa shape index (κ1) is 8.85. The van der Waals surface area contributed by atoms with E-state index in [1.165, 1.54) is 24.3 Å². The zero-order valence-corrected chi connectivity index (χ0v) is 8.44. The Balaban J connectivity index is 2.07. The predicted molar refractivity (Wildman–Crippen MR) is 54.9 cm³/mol. The Hall–Kier alpha value is -1.42. The fraction of sp³-hybridized carbons (Fsp3) is 0.455. The van der Waals surface area contributed by atoms with Gasteiger partial charge in [-0.3, -0.25) is 14.8 Å². The van der Waals surface area contributed by atoms with Crippen LogP contribution in [0.4, 0.5) is 0 Å². The van der Waals surface area contributed by atoms with Crippen LogP contribution in [0.25, 0.3) is 0 Å². The second-order valence-electron chi connectivity index (χ2n) is 4.28. The minimum absolute atomic E-state index is 0.0760. The van der Waals surface area contributed by atoms with Crippen LogP contribution in [-0.2, 0) is 6.54 Å². The Morgan fingerprint density at radius 3 is 2.93 bits per heavy atom. The maximum atomic E-state index is 11.7. The van der Waals surface area contributed by atoms with Gasteiger partial charge < -0.3 is 0 Å². The summed E-state index contributed by atoms with van der Waals surface area (Å²) in [6.07, 6.45) is 5.39. The number of hydrogen-bond donors (Lipinski definition) is 1. The van der Waals surface area contributed by atoms with Crippen molar-refractivity contribution in [2.24, 2.45) is 5.84 Å². The summed E-state index contributed by atoms with van der Waals surface area (Å²) < 4.78 is 0. The molecule has 1 amide bonds. The number of nitrogens with two attached hydrogens (primary N) is 1. The molecule has 0 radical (unpaired) electrons. The van der Waals surface area contributed by atoms with Crippen molar-refractivity contribution in [3.05, 3.63) is 29.1 Å². The van der Waals surface area contributed by atoms with Crippen molar-refractivity contribution < 1.29 is 4.79 Å². The molecule has 0 spiro atoms. The van der Waals surface area contributed by atoms with Crippen LogP contribution in [0.2, 0.25) is 0 Å². The van der Waals surface area contributed by atoms with Crippen molar-refractivity contribution in [1.82, 2.24) is 9.99 Å². The summed E-state index contributed by atoms with van der Waals surface area (Å²) in [5, 5.41) is 1.27. The van der Waals surface area contributed by atoms with E-state index in [1.807, 2.05) is 0 Å². The summed E-state index contributed by atoms with van der Waals surface area (Å²) in [6, 6.07) is 1.77. The van der Waals surface area contributed by atoms with E-state index >= 15 is 0 Å². The average molecular weight is 203 g/mol. The highest BCUT2D eigenvalue weighted by molar-refractivity contribution is 5.98. The molecule has 2 aliphatic rings. The van der Waals surface area contributed by atoms with E-state index in [1.54, 1.807) is 12.3 Å². The van der Waals surface area contributed by atoms with Crippen LogP contribution in [0, 0.1) is 0 Å². The fourth-order valence-corrected chi connectivity index (χ4v) is 2.31. The SMILES string of the molecule is NN1Cc2c(ccnc2C2CCC2)C1=O. The lowest BCUT2D eigenvalue weighted by Crippen LogP contribution is -2.30. The van der Waals surface area contributed by atoms with E-state index in [9.17, 15) is 4.79 Å². The molecule has 2 heterocycles. The number of pyridine rings is 1. The second-order valence-corrected chi connectivity index (χ2v) is 4.28. The first-order valence-corrected chi connectivity index (χ1v) is 5.31. The molecule has 3 rings (SSSR count). The van der Waals surface area contributed by atoms with Gasteiger partial charge in [-0.2, -0.15) is 0 Å². The molecule has 78 valence electrons. The Bertz CT molecular complexity index is 426. The van der Waals surface area contributed by atoms with E-state index < -0.39 is 0 Å². The number of aromatic nitrogens is 1. The Morgan fingerprint density at radius 2 is 2.27 bits per heavy atom. The maximum absolute atomic E-state index is 11.7. The second kappa shape index (κ2) is 3.03. The standard InChI is InChI=1S/C11H13N3O/c12-14-6-9-8(11(14)15)4-5-13-10(9)7-2-1-3-7/h4-5,7H,1-3,6,12H2. The minimum atomic E-state index is -0.0760. The lowest BCUT2D eigenvalue weighted by molar-refractivity contribution is 0.0778. The Morgan fingerprint density at radius 1 is 1.47 bits per heavy atom. The van der Waals surface area contributed by atoms with Gasteiger partial charge in [-0.1, -0.05) is 6.42 Å². The number of hydrogen-bond acceptors (Lipinski definition) is 3. The molecule has 4 nitrogen and oxygen atoms in total. The summed E-state index contributed by atoms with van der Waals surface area (Å²) in [5.74, 6) is 6.09. The van der Waals surface area contributed by atoms with E-state index in [0.29, 0.717) is 12.5 Å². The van der Waals surface area contributed by atoms with Gasteiger partial charge in [0.25, 0.3) is 5.91 Å². The van der Waals surface area contributed by atoms with Gasteiger partial charge in [0.1, 0.15) is 0 Å². The van der Waals surface area contributed by atoms with Gasteiger partial charge in [-0.05, 0) is 18.9 Å². The first-order valence-electron chi connectivity index (χ1n) is 5.31. The molecule has 1 saturated carbocycles. The lowest BCUT2D eigenvalue weighted by Gasteiger charge is -2.26. The van der Waals surface area contributed by atoms with Gasteiger partial charge in [0, 0.05) is 28.9 Å². The molecule has 1 aliphatic carbocycles. The normalized spacial score (nSPS) is 20.3. The van der Waals surface area contributed by atoms with Crippen molar-refractivity contribution in [3.8, 4) is 0 Å². The minimum Gasteiger partial charge on any atom is -0.272 e. The third-order valence-electron chi connectivity index (χ3n) is 3.40. The van der Waals surface area contributed by atoms with E-state index in [0.717, 1.165) is 16.8 Å². The van der Waals surface area contributed by atoms with Crippen molar-refractivity contribution >= 4 is 5.91 Å². The molecule has 1 fully saturated rings. The summed E-state index contributed by atoms with van der Waals surface area (Å²) in [7, 11) is 0. The molecule has 0 bridgehead atoms. The monoisotopic (exact) mass is 203 g/mol. The molecule has 15 heavy (non-hydrogen) atoms. The molecule has 4 heteroatoms. The molecular weight excluding hydrogens is 190 g/mol. The molecule has 1 aliphatic heterocycles. The van der Waals surface area contributed by atoms with Crippen LogP contribution in [0.1, 0.15) is 46.8 Å². The highest BCUT2D eigenvalue weighted by Gasteiger charge is 2.32. The molecule has 0 unspecified atom stereocenters. The van der Waals surface area contributed by atoms with Crippen LogP contribution in [0.5, 0.6) is 0 Å². The molecule has 1 aromatic rings. The van der Waals surface area contributed by atoms with Crippen LogP contribution < -0.4 is 5.84 Å². The van der Waals surface area contributed by atoms with Gasteiger partial charge in [0.05, 0.1) is 6.54 Å². The number of rotatable bonds is 1. The van der Waals surface area contributed by atoms with E-state index in [4.69, 9.17) is 5.84 Å². The molecule has 0 aromatic carbocycles. The lowest BCUT2D eigenvalue weighted by atomic mass is 9.80. The molecular formula is C11H13N3O. The van der Waals surface area contributed by atoms with Gasteiger partial charge in [-0.25, -0.2) is 5.84 Å². The van der Waals surface area contributed by atoms with Crippen LogP contribution >= 0.6 is 0 Å². The van der Waals surface area contributed by atoms with Crippen LogP contribution in [0.15, 0.2) is 12.3 Å². The number of amides is 1. The molecule has 2 N–H and O–H groups in total. The topological polar surface area (TPSA) is 59.2 Å². The van der Waals surface area contributed by atoms with Crippen LogP contribution in [0.3, 0.4) is 0 Å². The number of nitrogens with zero attached hydrogens (tertiary/aromatic N) is 2. The number of hydrazine groups is 1. The largest absolute Gasteiger partial charge is 0.272 e. The van der Waals surface area contributed by atoms with Crippen molar-refractivity contribution in [1.29, 1.82) is 0 Å². The highest BCUT2D eigenvalue weighted by Crippen LogP contribution is 2.39. The smallest absolute Gasteiger partial charge is 0.268 e. The van der Waals surface area contributed by atoms with Gasteiger partial charge in [0.15, 0.2) is 0 Å². The third kappa shape index (κ3) is 1.18. The molecule has 0 atom stereocenters. The van der Waals surface area contributed by atoms with Crippen molar-refractivity contribution in [3.63, 3.8) is 0 Å². The van der Waals surface area contributed by atoms with E-state index in [-0.39, 0.29) is 5.91 Å². The molecule has 0 saturated heterocycles. The Kier molecular flexibility index (Phi) is 1.79. The van der Waals surface area contributed by atoms with Gasteiger partial charge >= 0.3 is 0 Å². The highest BCUT2D eigenvalue weighted by atomic mass is 16.2. The molecule has 1 aromatic heterocycles. The number of carbonyl (C=O) groups is 1. The van der Waals surface area contributed by atoms with Gasteiger partial charge in [-0.15, -0.1) is 0 Å². The van der Waals surface area contributed by atoms with Crippen LogP contribution in [-0.4, -0.2) is 15.9 Å². The quantitative estimate of drug-likeness (QED) is 0.550. The predicted octanol–water partition coefficient (Wildman–Crippen LogP) is 1.18.